The van der Waals surface area contributed by atoms with Gasteiger partial charge in [0.15, 0.2) is 12.1 Å². The lowest BCUT2D eigenvalue weighted by molar-refractivity contribution is -0.246. The first kappa shape index (κ1) is 23.4. The Hall–Kier alpha value is -2.30. The van der Waals surface area contributed by atoms with Crippen LogP contribution in [0.4, 0.5) is 0 Å². The highest BCUT2D eigenvalue weighted by Crippen LogP contribution is 2.46. The first-order chi connectivity index (χ1) is 16.4. The summed E-state index contributed by atoms with van der Waals surface area (Å²) in [4.78, 5) is 12.5. The van der Waals surface area contributed by atoms with Crippen LogP contribution in [0, 0.1) is 6.92 Å². The summed E-state index contributed by atoms with van der Waals surface area (Å²) in [5.74, 6) is -1.32. The van der Waals surface area contributed by atoms with Crippen LogP contribution >= 0.6 is 0 Å². The molecule has 0 bridgehead atoms. The van der Waals surface area contributed by atoms with Gasteiger partial charge in [-0.3, -0.25) is 4.18 Å². The van der Waals surface area contributed by atoms with E-state index in [1.165, 1.54) is 12.1 Å². The molecule has 34 heavy (non-hydrogen) atoms. The fourth-order valence-electron chi connectivity index (χ4n) is 4.70. The minimum Gasteiger partial charge on any atom is -0.459 e. The minimum absolute atomic E-state index is 0.0351. The fourth-order valence-corrected chi connectivity index (χ4v) is 5.80. The van der Waals surface area contributed by atoms with Crippen LogP contribution < -0.4 is 0 Å². The van der Waals surface area contributed by atoms with E-state index in [9.17, 15) is 13.2 Å². The third-order valence-corrected chi connectivity index (χ3v) is 7.83. The predicted octanol–water partition coefficient (Wildman–Crippen LogP) is 3.73. The molecule has 2 heterocycles. The molecule has 1 spiro atoms. The summed E-state index contributed by atoms with van der Waals surface area (Å²) < 4.78 is 55.7. The van der Waals surface area contributed by atoms with E-state index in [1.54, 1.807) is 42.5 Å². The van der Waals surface area contributed by atoms with Gasteiger partial charge in [0.1, 0.15) is 24.9 Å². The SMILES string of the molecule is Cc1ccc(S(=O)(=O)O[C@@H]2[C@H]3OC4(CCCCC4)O[C@H]3O[C@@H]2COC(=O)c2ccccc2)cc1. The number of ether oxygens (including phenoxy) is 4. The fraction of sp³-hybridized carbons (Fsp3) is 0.480. The van der Waals surface area contributed by atoms with Gasteiger partial charge in [-0.15, -0.1) is 0 Å². The Labute approximate surface area is 199 Å². The molecule has 0 N–H and O–H groups in total. The lowest BCUT2D eigenvalue weighted by Gasteiger charge is -2.33. The second-order valence-corrected chi connectivity index (χ2v) is 10.6. The largest absolute Gasteiger partial charge is 0.459 e. The third-order valence-electron chi connectivity index (χ3n) is 6.50. The monoisotopic (exact) mass is 488 g/mol. The zero-order chi connectivity index (χ0) is 23.8. The molecule has 1 aliphatic carbocycles. The summed E-state index contributed by atoms with van der Waals surface area (Å²) in [6.45, 7) is 1.67. The first-order valence-electron chi connectivity index (χ1n) is 11.6. The maximum absolute atomic E-state index is 13.1. The molecule has 0 radical (unpaired) electrons. The van der Waals surface area contributed by atoms with Crippen LogP contribution in [0.1, 0.15) is 48.0 Å². The number of fused-ring (bicyclic) bond motifs is 1. The van der Waals surface area contributed by atoms with Crippen molar-refractivity contribution >= 4 is 16.1 Å². The molecule has 8 nitrogen and oxygen atoms in total. The Morgan fingerprint density at radius 2 is 1.71 bits per heavy atom. The van der Waals surface area contributed by atoms with Gasteiger partial charge in [-0.1, -0.05) is 42.3 Å². The number of hydrogen-bond acceptors (Lipinski definition) is 8. The number of rotatable bonds is 6. The number of hydrogen-bond donors (Lipinski definition) is 0. The lowest BCUT2D eigenvalue weighted by atomic mass is 9.94. The Morgan fingerprint density at radius 1 is 1.00 bits per heavy atom. The van der Waals surface area contributed by atoms with Gasteiger partial charge in [0.05, 0.1) is 10.5 Å². The van der Waals surface area contributed by atoms with E-state index in [-0.39, 0.29) is 11.5 Å². The molecule has 1 saturated carbocycles. The molecule has 2 aliphatic heterocycles. The molecule has 0 amide bonds. The normalized spacial score (nSPS) is 28.0. The summed E-state index contributed by atoms with van der Waals surface area (Å²) >= 11 is 0. The summed E-state index contributed by atoms with van der Waals surface area (Å²) in [5.41, 5.74) is 1.32. The van der Waals surface area contributed by atoms with Crippen LogP contribution in [-0.4, -0.2) is 51.4 Å². The lowest BCUT2D eigenvalue weighted by Crippen LogP contribution is -2.42. The number of carbonyl (C=O) groups excluding carboxylic acids is 1. The second kappa shape index (κ2) is 9.39. The molecule has 182 valence electrons. The van der Waals surface area contributed by atoms with Crippen LogP contribution in [0.2, 0.25) is 0 Å². The van der Waals surface area contributed by atoms with Crippen LogP contribution in [0.5, 0.6) is 0 Å². The Kier molecular flexibility index (Phi) is 6.47. The van der Waals surface area contributed by atoms with E-state index in [0.29, 0.717) is 18.4 Å². The highest BCUT2D eigenvalue weighted by atomic mass is 32.2. The zero-order valence-corrected chi connectivity index (χ0v) is 19.7. The second-order valence-electron chi connectivity index (χ2n) is 9.01. The van der Waals surface area contributed by atoms with Crippen molar-refractivity contribution in [2.24, 2.45) is 0 Å². The zero-order valence-electron chi connectivity index (χ0n) is 18.9. The summed E-state index contributed by atoms with van der Waals surface area (Å²) in [6, 6.07) is 15.0. The van der Waals surface area contributed by atoms with E-state index in [1.807, 2.05) is 6.92 Å². The van der Waals surface area contributed by atoms with Gasteiger partial charge < -0.3 is 18.9 Å². The maximum atomic E-state index is 13.1. The number of aryl methyl sites for hydroxylation is 1. The van der Waals surface area contributed by atoms with Crippen molar-refractivity contribution in [3.63, 3.8) is 0 Å². The quantitative estimate of drug-likeness (QED) is 0.448. The van der Waals surface area contributed by atoms with E-state index in [0.717, 1.165) is 24.8 Å². The summed E-state index contributed by atoms with van der Waals surface area (Å²) in [5, 5.41) is 0. The van der Waals surface area contributed by atoms with Crippen molar-refractivity contribution in [3.05, 3.63) is 65.7 Å². The number of carbonyl (C=O) groups is 1. The molecule has 0 aromatic heterocycles. The van der Waals surface area contributed by atoms with Gasteiger partial charge in [0.2, 0.25) is 0 Å². The molecule has 3 aliphatic rings. The van der Waals surface area contributed by atoms with Gasteiger partial charge in [-0.05, 0) is 44.0 Å². The highest BCUT2D eigenvalue weighted by Gasteiger charge is 2.59. The average Bonchev–Trinajstić information content (AvgIpc) is 3.32. The van der Waals surface area contributed by atoms with Gasteiger partial charge in [0, 0.05) is 12.8 Å². The Morgan fingerprint density at radius 3 is 2.41 bits per heavy atom. The summed E-state index contributed by atoms with van der Waals surface area (Å²) in [6.07, 6.45) is 1.02. The van der Waals surface area contributed by atoms with Crippen molar-refractivity contribution < 1.29 is 36.3 Å². The molecule has 9 heteroatoms. The predicted molar refractivity (Wildman–Crippen MR) is 120 cm³/mol. The number of benzene rings is 2. The van der Waals surface area contributed by atoms with Crippen molar-refractivity contribution in [3.8, 4) is 0 Å². The van der Waals surface area contributed by atoms with E-state index >= 15 is 0 Å². The highest BCUT2D eigenvalue weighted by molar-refractivity contribution is 7.86. The molecule has 2 aromatic rings. The van der Waals surface area contributed by atoms with Crippen LogP contribution in [0.3, 0.4) is 0 Å². The Bertz CT molecular complexity index is 1110. The van der Waals surface area contributed by atoms with Crippen LogP contribution in [0.25, 0.3) is 0 Å². The Balaban J connectivity index is 1.35. The van der Waals surface area contributed by atoms with E-state index in [4.69, 9.17) is 23.1 Å². The number of esters is 1. The molecule has 2 aromatic carbocycles. The maximum Gasteiger partial charge on any atom is 0.338 e. The molecule has 4 atom stereocenters. The van der Waals surface area contributed by atoms with Crippen molar-refractivity contribution in [1.82, 2.24) is 0 Å². The van der Waals surface area contributed by atoms with Gasteiger partial charge in [-0.25, -0.2) is 4.79 Å². The third kappa shape index (κ3) is 4.76. The molecule has 3 fully saturated rings. The minimum atomic E-state index is -4.12. The molecular formula is C25H28O8S. The van der Waals surface area contributed by atoms with Gasteiger partial charge in [-0.2, -0.15) is 8.42 Å². The molecule has 2 saturated heterocycles. The molecule has 0 unspecified atom stereocenters. The summed E-state index contributed by atoms with van der Waals surface area (Å²) in [7, 11) is -4.12. The smallest absolute Gasteiger partial charge is 0.338 e. The average molecular weight is 489 g/mol. The first-order valence-corrected chi connectivity index (χ1v) is 13.0. The van der Waals surface area contributed by atoms with E-state index in [2.05, 4.69) is 0 Å². The van der Waals surface area contributed by atoms with Gasteiger partial charge >= 0.3 is 5.97 Å². The molecular weight excluding hydrogens is 460 g/mol. The standard InChI is InChI=1S/C25H28O8S/c1-17-10-12-19(13-11-17)34(27,28)33-21-20(16-29-23(26)18-8-4-2-5-9-18)30-24-22(21)31-25(32-24)14-6-3-7-15-25/h2,4-5,8-13,20-22,24H,3,6-7,14-16H2,1H3/t20-,21+,22-,24-/m1/s1. The van der Waals surface area contributed by atoms with Crippen molar-refractivity contribution in [2.45, 2.75) is 74.3 Å². The van der Waals surface area contributed by atoms with E-state index < -0.39 is 46.5 Å². The van der Waals surface area contributed by atoms with Crippen LogP contribution in [0.15, 0.2) is 59.5 Å². The topological polar surface area (TPSA) is 97.4 Å². The van der Waals surface area contributed by atoms with Gasteiger partial charge in [0.25, 0.3) is 10.1 Å². The van der Waals surface area contributed by atoms with Crippen LogP contribution in [-0.2, 0) is 33.2 Å². The van der Waals surface area contributed by atoms with Crippen molar-refractivity contribution in [2.75, 3.05) is 6.61 Å². The molecule has 5 rings (SSSR count). The van der Waals surface area contributed by atoms with Crippen molar-refractivity contribution in [1.29, 1.82) is 0 Å².